The Kier molecular flexibility index (Phi) is 9.81. The molecule has 6 rings (SSSR count). The maximum absolute atomic E-state index is 12.5. The summed E-state index contributed by atoms with van der Waals surface area (Å²) in [5, 5.41) is 28.3. The first-order valence-corrected chi connectivity index (χ1v) is 15.7. The van der Waals surface area contributed by atoms with Crippen LogP contribution in [-0.2, 0) is 22.6 Å². The highest BCUT2D eigenvalue weighted by Crippen LogP contribution is 2.43. The summed E-state index contributed by atoms with van der Waals surface area (Å²) in [7, 11) is 0. The first-order valence-electron chi connectivity index (χ1n) is 14.7. The van der Waals surface area contributed by atoms with Crippen LogP contribution in [0.5, 0.6) is 0 Å². The maximum Gasteiger partial charge on any atom is 0.319 e. The van der Waals surface area contributed by atoms with Crippen molar-refractivity contribution in [1.29, 1.82) is 0 Å². The average molecular weight is 623 g/mol. The van der Waals surface area contributed by atoms with Gasteiger partial charge in [0.25, 0.3) is 0 Å². The topological polar surface area (TPSA) is 123 Å². The molecular formula is C34H34N6O4S. The molecule has 0 aliphatic carbocycles. The number of aliphatic hydroxyl groups excluding tert-OH is 1. The summed E-state index contributed by atoms with van der Waals surface area (Å²) in [4.78, 5) is 12.5. The van der Waals surface area contributed by atoms with Gasteiger partial charge < -0.3 is 25.2 Å². The largest absolute Gasteiger partial charge is 0.392 e. The van der Waals surface area contributed by atoms with Gasteiger partial charge in [0.05, 0.1) is 24.5 Å². The maximum atomic E-state index is 12.5. The molecule has 3 N–H and O–H groups in total. The lowest BCUT2D eigenvalue weighted by atomic mass is 9.91. The number of para-hydroxylation sites is 1. The number of hydrogen-bond acceptors (Lipinski definition) is 8. The van der Waals surface area contributed by atoms with Gasteiger partial charge in [-0.05, 0) is 51.4 Å². The van der Waals surface area contributed by atoms with Crippen LogP contribution >= 0.6 is 11.8 Å². The van der Waals surface area contributed by atoms with Crippen LogP contribution in [0.25, 0.3) is 5.69 Å². The van der Waals surface area contributed by atoms with Crippen LogP contribution in [0.4, 0.5) is 10.5 Å². The molecule has 1 fully saturated rings. The van der Waals surface area contributed by atoms with E-state index >= 15 is 0 Å². The Labute approximate surface area is 265 Å². The number of anilines is 1. The van der Waals surface area contributed by atoms with Gasteiger partial charge in [0.1, 0.15) is 0 Å². The van der Waals surface area contributed by atoms with E-state index in [0.717, 1.165) is 27.9 Å². The molecule has 1 aromatic heterocycles. The lowest BCUT2D eigenvalue weighted by molar-refractivity contribution is -0.268. The lowest BCUT2D eigenvalue weighted by Gasteiger charge is -2.41. The third kappa shape index (κ3) is 7.58. The van der Waals surface area contributed by atoms with Crippen LogP contribution in [0, 0.1) is 5.92 Å². The molecule has 0 spiro atoms. The zero-order valence-corrected chi connectivity index (χ0v) is 25.5. The summed E-state index contributed by atoms with van der Waals surface area (Å²) in [6, 6.07) is 34.5. The molecule has 2 amide bonds. The standard InChI is InChI=1S/C34H34N6O4S/c1-23-30(22-45-34-37-38-39-40(34)29-10-6-3-7-11-29)43-32(44-31(23)26-14-12-25(21-41)13-15-26)27-16-18-28(19-17-27)36-33(42)35-20-24-8-4-2-5-9-24/h2-19,23,30-32,41H,20-22H2,1H3,(H2,35,36,42)/t23-,30+,31+,32+/m0/s1. The number of aliphatic hydroxyl groups is 1. The molecule has 2 heterocycles. The number of rotatable bonds is 10. The normalized spacial score (nSPS) is 19.6. The summed E-state index contributed by atoms with van der Waals surface area (Å²) in [5.41, 5.74) is 5.24. The molecule has 0 radical (unpaired) electrons. The van der Waals surface area contributed by atoms with Crippen molar-refractivity contribution in [3.8, 4) is 5.69 Å². The minimum atomic E-state index is -0.639. The van der Waals surface area contributed by atoms with Crippen molar-refractivity contribution in [1.82, 2.24) is 25.5 Å². The fourth-order valence-corrected chi connectivity index (χ4v) is 6.20. The number of nitrogens with zero attached hydrogens (tertiary/aromatic N) is 4. The zero-order chi connectivity index (χ0) is 31.0. The molecule has 11 heteroatoms. The second-order valence-electron chi connectivity index (χ2n) is 10.8. The van der Waals surface area contributed by atoms with Gasteiger partial charge in [-0.1, -0.05) is 104 Å². The summed E-state index contributed by atoms with van der Waals surface area (Å²) in [6.07, 6.45) is -1.09. The van der Waals surface area contributed by atoms with Crippen LogP contribution in [-0.4, -0.2) is 43.2 Å². The second-order valence-corrected chi connectivity index (χ2v) is 11.7. The molecule has 230 valence electrons. The molecular weight excluding hydrogens is 588 g/mol. The fraction of sp³-hybridized carbons (Fsp3) is 0.235. The highest BCUT2D eigenvalue weighted by molar-refractivity contribution is 7.99. The van der Waals surface area contributed by atoms with Gasteiger partial charge >= 0.3 is 6.03 Å². The Balaban J connectivity index is 1.16. The highest BCUT2D eigenvalue weighted by Gasteiger charge is 2.38. The number of benzene rings is 4. The molecule has 1 saturated heterocycles. The van der Waals surface area contributed by atoms with E-state index in [4.69, 9.17) is 9.47 Å². The zero-order valence-electron chi connectivity index (χ0n) is 24.7. The Morgan fingerprint density at radius 2 is 1.56 bits per heavy atom. The van der Waals surface area contributed by atoms with Gasteiger partial charge in [0.2, 0.25) is 5.16 Å². The fourth-order valence-electron chi connectivity index (χ4n) is 5.14. The Morgan fingerprint density at radius 1 is 0.867 bits per heavy atom. The SMILES string of the molecule is C[C@H]1[C@@H](CSc2nnnn2-c2ccccc2)O[C@@H](c2ccc(NC(=O)NCc3ccccc3)cc2)O[C@H]1c1ccc(CO)cc1. The van der Waals surface area contributed by atoms with E-state index in [1.54, 1.807) is 4.68 Å². The van der Waals surface area contributed by atoms with Crippen molar-refractivity contribution in [2.24, 2.45) is 5.92 Å². The molecule has 4 aromatic carbocycles. The minimum absolute atomic E-state index is 0.00373. The molecule has 0 saturated carbocycles. The molecule has 1 aliphatic rings. The molecule has 4 atom stereocenters. The molecule has 45 heavy (non-hydrogen) atoms. The van der Waals surface area contributed by atoms with Gasteiger partial charge in [0, 0.05) is 29.5 Å². The van der Waals surface area contributed by atoms with Crippen molar-refractivity contribution < 1.29 is 19.4 Å². The first-order chi connectivity index (χ1) is 22.1. The number of carbonyl (C=O) groups is 1. The van der Waals surface area contributed by atoms with Crippen LogP contribution in [0.1, 0.15) is 41.6 Å². The third-order valence-corrected chi connectivity index (χ3v) is 8.69. The van der Waals surface area contributed by atoms with Gasteiger partial charge in [-0.15, -0.1) is 5.10 Å². The number of tetrazole rings is 1. The summed E-state index contributed by atoms with van der Waals surface area (Å²) in [5.74, 6) is 0.602. The minimum Gasteiger partial charge on any atom is -0.392 e. The number of carbonyl (C=O) groups excluding carboxylic acids is 1. The Morgan fingerprint density at radius 3 is 2.27 bits per heavy atom. The summed E-state index contributed by atoms with van der Waals surface area (Å²) in [6.45, 7) is 2.53. The van der Waals surface area contributed by atoms with E-state index in [2.05, 4.69) is 33.1 Å². The average Bonchev–Trinajstić information content (AvgIpc) is 3.57. The van der Waals surface area contributed by atoms with E-state index < -0.39 is 6.29 Å². The van der Waals surface area contributed by atoms with E-state index in [0.29, 0.717) is 23.1 Å². The van der Waals surface area contributed by atoms with Crippen molar-refractivity contribution in [2.45, 2.75) is 43.7 Å². The predicted octanol–water partition coefficient (Wildman–Crippen LogP) is 6.06. The Hall–Kier alpha value is -4.55. The Bertz CT molecular complexity index is 1670. The summed E-state index contributed by atoms with van der Waals surface area (Å²) >= 11 is 1.53. The third-order valence-electron chi connectivity index (χ3n) is 7.68. The quantitative estimate of drug-likeness (QED) is 0.161. The lowest BCUT2D eigenvalue weighted by Crippen LogP contribution is -2.38. The molecule has 1 aliphatic heterocycles. The van der Waals surface area contributed by atoms with Gasteiger partial charge in [0.15, 0.2) is 6.29 Å². The molecule has 5 aromatic rings. The molecule has 0 unspecified atom stereocenters. The second kappa shape index (κ2) is 14.5. The summed E-state index contributed by atoms with van der Waals surface area (Å²) < 4.78 is 14.9. The highest BCUT2D eigenvalue weighted by atomic mass is 32.2. The number of hydrogen-bond donors (Lipinski definition) is 3. The van der Waals surface area contributed by atoms with E-state index in [-0.39, 0.29) is 30.8 Å². The van der Waals surface area contributed by atoms with E-state index in [1.807, 2.05) is 109 Å². The van der Waals surface area contributed by atoms with Crippen LogP contribution < -0.4 is 10.6 Å². The van der Waals surface area contributed by atoms with Gasteiger partial charge in [-0.3, -0.25) is 0 Å². The number of amides is 2. The van der Waals surface area contributed by atoms with Gasteiger partial charge in [-0.25, -0.2) is 4.79 Å². The monoisotopic (exact) mass is 622 g/mol. The van der Waals surface area contributed by atoms with E-state index in [9.17, 15) is 9.90 Å². The van der Waals surface area contributed by atoms with Crippen LogP contribution in [0.15, 0.2) is 114 Å². The number of aromatic nitrogens is 4. The van der Waals surface area contributed by atoms with Crippen LogP contribution in [0.2, 0.25) is 0 Å². The number of ether oxygens (including phenoxy) is 2. The molecule has 0 bridgehead atoms. The van der Waals surface area contributed by atoms with Crippen LogP contribution in [0.3, 0.4) is 0 Å². The number of thioether (sulfide) groups is 1. The molecule has 10 nitrogen and oxygen atoms in total. The number of nitrogens with one attached hydrogen (secondary N) is 2. The first kappa shape index (κ1) is 30.5. The van der Waals surface area contributed by atoms with Crippen molar-refractivity contribution in [3.63, 3.8) is 0 Å². The van der Waals surface area contributed by atoms with Crippen molar-refractivity contribution in [2.75, 3.05) is 11.1 Å². The number of urea groups is 1. The van der Waals surface area contributed by atoms with Crippen molar-refractivity contribution in [3.05, 3.63) is 131 Å². The smallest absolute Gasteiger partial charge is 0.319 e. The predicted molar refractivity (Wildman–Crippen MR) is 172 cm³/mol. The van der Waals surface area contributed by atoms with E-state index in [1.165, 1.54) is 11.8 Å². The van der Waals surface area contributed by atoms with Crippen molar-refractivity contribution >= 4 is 23.5 Å². The van der Waals surface area contributed by atoms with Gasteiger partial charge in [-0.2, -0.15) is 4.68 Å².